The maximum Gasteiger partial charge on any atom is 0.305 e. The van der Waals surface area contributed by atoms with Crippen molar-refractivity contribution in [1.82, 2.24) is 4.90 Å². The van der Waals surface area contributed by atoms with E-state index in [-0.39, 0.29) is 18.9 Å². The molecule has 0 spiro atoms. The minimum atomic E-state index is -0.877. The van der Waals surface area contributed by atoms with Crippen molar-refractivity contribution in [1.29, 1.82) is 0 Å². The van der Waals surface area contributed by atoms with Gasteiger partial charge in [-0.3, -0.25) is 9.59 Å². The van der Waals surface area contributed by atoms with Crippen LogP contribution in [0, 0.1) is 0 Å². The van der Waals surface area contributed by atoms with Crippen molar-refractivity contribution in [3.8, 4) is 0 Å². The molecule has 0 unspecified atom stereocenters. The Kier molecular flexibility index (Phi) is 3.70. The van der Waals surface area contributed by atoms with Gasteiger partial charge < -0.3 is 14.7 Å². The van der Waals surface area contributed by atoms with Gasteiger partial charge in [0.1, 0.15) is 0 Å². The molecule has 0 aromatic carbocycles. The Bertz CT molecular complexity index is 204. The predicted molar refractivity (Wildman–Crippen MR) is 44.3 cm³/mol. The fourth-order valence-corrected chi connectivity index (χ4v) is 1.19. The van der Waals surface area contributed by atoms with Gasteiger partial charge in [0, 0.05) is 13.1 Å². The van der Waals surface area contributed by atoms with Gasteiger partial charge in [-0.1, -0.05) is 0 Å². The van der Waals surface area contributed by atoms with Crippen LogP contribution in [0.1, 0.15) is 12.8 Å². The molecule has 1 amide bonds. The molecule has 0 atom stereocenters. The van der Waals surface area contributed by atoms with E-state index in [1.807, 2.05) is 0 Å². The average molecular weight is 187 g/mol. The lowest BCUT2D eigenvalue weighted by Crippen LogP contribution is -2.33. The molecule has 1 aliphatic rings. The molecule has 0 aromatic rings. The van der Waals surface area contributed by atoms with E-state index in [9.17, 15) is 9.59 Å². The van der Waals surface area contributed by atoms with Gasteiger partial charge in [-0.25, -0.2) is 0 Å². The summed E-state index contributed by atoms with van der Waals surface area (Å²) in [5.41, 5.74) is 0. The van der Waals surface area contributed by atoms with E-state index in [2.05, 4.69) is 0 Å². The van der Waals surface area contributed by atoms with Crippen LogP contribution in [0.4, 0.5) is 0 Å². The fraction of sp³-hybridized carbons (Fsp3) is 0.750. The molecule has 74 valence electrons. The monoisotopic (exact) mass is 187 g/mol. The molecule has 5 heteroatoms. The minimum Gasteiger partial charge on any atom is -0.481 e. The van der Waals surface area contributed by atoms with E-state index >= 15 is 0 Å². The van der Waals surface area contributed by atoms with Gasteiger partial charge in [0.25, 0.3) is 0 Å². The first kappa shape index (κ1) is 9.98. The maximum atomic E-state index is 11.3. The fourth-order valence-electron chi connectivity index (χ4n) is 1.19. The van der Waals surface area contributed by atoms with E-state index in [4.69, 9.17) is 9.84 Å². The number of rotatable bonds is 3. The Morgan fingerprint density at radius 2 is 2.31 bits per heavy atom. The Labute approximate surface area is 76.3 Å². The van der Waals surface area contributed by atoms with Crippen LogP contribution >= 0.6 is 0 Å². The first-order chi connectivity index (χ1) is 6.20. The van der Waals surface area contributed by atoms with Crippen LogP contribution in [-0.4, -0.2) is 48.2 Å². The van der Waals surface area contributed by atoms with Crippen molar-refractivity contribution in [2.75, 3.05) is 26.3 Å². The third-order valence-corrected chi connectivity index (χ3v) is 1.91. The smallest absolute Gasteiger partial charge is 0.305 e. The Morgan fingerprint density at radius 1 is 1.54 bits per heavy atom. The van der Waals surface area contributed by atoms with Crippen molar-refractivity contribution < 1.29 is 19.4 Å². The zero-order valence-electron chi connectivity index (χ0n) is 7.36. The van der Waals surface area contributed by atoms with Crippen molar-refractivity contribution in [2.24, 2.45) is 0 Å². The van der Waals surface area contributed by atoms with E-state index < -0.39 is 5.97 Å². The normalized spacial score (nSPS) is 18.5. The first-order valence-electron chi connectivity index (χ1n) is 4.27. The second-order valence-corrected chi connectivity index (χ2v) is 2.89. The molecule has 1 saturated heterocycles. The van der Waals surface area contributed by atoms with Crippen LogP contribution in [0.2, 0.25) is 0 Å². The van der Waals surface area contributed by atoms with Gasteiger partial charge in [0.15, 0.2) is 0 Å². The highest BCUT2D eigenvalue weighted by Crippen LogP contribution is 2.01. The third kappa shape index (κ3) is 3.42. The Balaban J connectivity index is 2.36. The number of carbonyl (C=O) groups excluding carboxylic acids is 1. The summed E-state index contributed by atoms with van der Waals surface area (Å²) in [6, 6.07) is 0. The van der Waals surface area contributed by atoms with Gasteiger partial charge in [0.2, 0.25) is 5.91 Å². The summed E-state index contributed by atoms with van der Waals surface area (Å²) in [5, 5.41) is 8.43. The Hall–Kier alpha value is -1.10. The number of carboxylic acids is 1. The number of aliphatic carboxylic acids is 1. The van der Waals surface area contributed by atoms with Gasteiger partial charge in [0.05, 0.1) is 26.1 Å². The van der Waals surface area contributed by atoms with E-state index in [0.29, 0.717) is 26.2 Å². The number of hydrogen-bond donors (Lipinski definition) is 1. The summed E-state index contributed by atoms with van der Waals surface area (Å²) in [6.07, 6.45) is 0.366. The molecule has 1 heterocycles. The molecule has 1 N–H and O–H groups in total. The molecule has 1 rings (SSSR count). The standard InChI is InChI=1S/C8H13NO4/c10-7-2-5-13-6-4-9(7)3-1-8(11)12/h1-6H2,(H,11,12). The topological polar surface area (TPSA) is 66.8 Å². The van der Waals surface area contributed by atoms with E-state index in [1.54, 1.807) is 4.90 Å². The van der Waals surface area contributed by atoms with Crippen molar-refractivity contribution in [3.05, 3.63) is 0 Å². The molecule has 13 heavy (non-hydrogen) atoms. The largest absolute Gasteiger partial charge is 0.481 e. The highest BCUT2D eigenvalue weighted by atomic mass is 16.5. The second kappa shape index (κ2) is 4.81. The zero-order chi connectivity index (χ0) is 9.68. The van der Waals surface area contributed by atoms with Crippen LogP contribution in [-0.2, 0) is 14.3 Å². The summed E-state index contributed by atoms with van der Waals surface area (Å²) in [5.74, 6) is -0.892. The number of ether oxygens (including phenoxy) is 1. The van der Waals surface area contributed by atoms with Crippen molar-refractivity contribution in [3.63, 3.8) is 0 Å². The second-order valence-electron chi connectivity index (χ2n) is 2.89. The van der Waals surface area contributed by atoms with Crippen molar-refractivity contribution in [2.45, 2.75) is 12.8 Å². The lowest BCUT2D eigenvalue weighted by atomic mass is 10.3. The molecule has 1 fully saturated rings. The van der Waals surface area contributed by atoms with Gasteiger partial charge in [-0.15, -0.1) is 0 Å². The molecule has 5 nitrogen and oxygen atoms in total. The van der Waals surface area contributed by atoms with Crippen LogP contribution in [0.25, 0.3) is 0 Å². The van der Waals surface area contributed by atoms with E-state index in [1.165, 1.54) is 0 Å². The first-order valence-corrected chi connectivity index (χ1v) is 4.27. The quantitative estimate of drug-likeness (QED) is 0.659. The average Bonchev–Trinajstić information content (AvgIpc) is 2.27. The summed E-state index contributed by atoms with van der Waals surface area (Å²) in [4.78, 5) is 23.1. The highest BCUT2D eigenvalue weighted by Gasteiger charge is 2.16. The molecule has 0 saturated carbocycles. The maximum absolute atomic E-state index is 11.3. The number of hydrogen-bond acceptors (Lipinski definition) is 3. The number of carboxylic acid groups (broad SMARTS) is 1. The van der Waals surface area contributed by atoms with Crippen LogP contribution < -0.4 is 0 Å². The van der Waals surface area contributed by atoms with Gasteiger partial charge >= 0.3 is 5.97 Å². The molecular formula is C8H13NO4. The number of carbonyl (C=O) groups is 2. The third-order valence-electron chi connectivity index (χ3n) is 1.91. The van der Waals surface area contributed by atoms with Crippen LogP contribution in [0.3, 0.4) is 0 Å². The lowest BCUT2D eigenvalue weighted by molar-refractivity contribution is -0.138. The minimum absolute atomic E-state index is 0.00569. The lowest BCUT2D eigenvalue weighted by Gasteiger charge is -2.18. The molecule has 1 aliphatic heterocycles. The summed E-state index contributed by atoms with van der Waals surface area (Å²) in [6.45, 7) is 1.75. The molecule has 0 aromatic heterocycles. The van der Waals surface area contributed by atoms with Gasteiger partial charge in [-0.05, 0) is 0 Å². The number of amides is 1. The van der Waals surface area contributed by atoms with Crippen molar-refractivity contribution >= 4 is 11.9 Å². The van der Waals surface area contributed by atoms with E-state index in [0.717, 1.165) is 0 Å². The Morgan fingerprint density at radius 3 is 3.00 bits per heavy atom. The predicted octanol–water partition coefficient (Wildman–Crippen LogP) is -0.290. The highest BCUT2D eigenvalue weighted by molar-refractivity contribution is 5.77. The van der Waals surface area contributed by atoms with Crippen LogP contribution in [0.5, 0.6) is 0 Å². The zero-order valence-corrected chi connectivity index (χ0v) is 7.36. The van der Waals surface area contributed by atoms with Crippen LogP contribution in [0.15, 0.2) is 0 Å². The number of nitrogens with zero attached hydrogens (tertiary/aromatic N) is 1. The summed E-state index contributed by atoms with van der Waals surface area (Å²) in [7, 11) is 0. The molecule has 0 aliphatic carbocycles. The van der Waals surface area contributed by atoms with Gasteiger partial charge in [-0.2, -0.15) is 0 Å². The summed E-state index contributed by atoms with van der Waals surface area (Å²) >= 11 is 0. The summed E-state index contributed by atoms with van der Waals surface area (Å²) < 4.78 is 5.09. The molecular weight excluding hydrogens is 174 g/mol. The SMILES string of the molecule is O=C(O)CCN1CCOCCC1=O. The molecule has 0 radical (unpaired) electrons. The molecule has 0 bridgehead atoms.